The first-order valence-corrected chi connectivity index (χ1v) is 3.02. The Labute approximate surface area is 97.9 Å². The summed E-state index contributed by atoms with van der Waals surface area (Å²) in [4.78, 5) is 10.5. The fourth-order valence-electron chi connectivity index (χ4n) is 0.374. The van der Waals surface area contributed by atoms with Crippen LogP contribution in [0.25, 0.3) is 0 Å². The van der Waals surface area contributed by atoms with Gasteiger partial charge in [0.15, 0.2) is 0 Å². The quantitative estimate of drug-likeness (QED) is 0.312. The second kappa shape index (κ2) is 8.63. The predicted molar refractivity (Wildman–Crippen MR) is 42.1 cm³/mol. The van der Waals surface area contributed by atoms with Crippen LogP contribution in [0.1, 0.15) is 0 Å². The number of carbonyl (C=O) groups excluding carboxylic acids is 1. The molecular formula is C9H9O2Y-3. The standard InChI is InChI=1S/C9H10O2.Y/c1-8(9(2)11)6-4-3-5-7-10;/h3-7,10H,1-2H2;/q-2;/p-1/b4-3?,7-5-,8-6?;. The van der Waals surface area contributed by atoms with Crippen LogP contribution in [0.2, 0.25) is 0 Å². The summed E-state index contributed by atoms with van der Waals surface area (Å²) in [7, 11) is 0. The molecule has 0 aromatic carbocycles. The normalized spacial score (nSPS) is 11.8. The minimum absolute atomic E-state index is 0. The van der Waals surface area contributed by atoms with E-state index in [0.29, 0.717) is 11.8 Å². The number of carbonyl (C=O) groups is 1. The van der Waals surface area contributed by atoms with Crippen molar-refractivity contribution in [1.29, 1.82) is 0 Å². The SMILES string of the molecule is [CH2-]C(=O)C([CH2-])=CC=C/C=C\[O-].[Y]. The molecule has 0 aromatic rings. The van der Waals surface area contributed by atoms with Crippen molar-refractivity contribution < 1.29 is 42.6 Å². The van der Waals surface area contributed by atoms with E-state index >= 15 is 0 Å². The van der Waals surface area contributed by atoms with Gasteiger partial charge in [-0.3, -0.25) is 13.8 Å². The Morgan fingerprint density at radius 1 is 1.17 bits per heavy atom. The van der Waals surface area contributed by atoms with Gasteiger partial charge in [0.2, 0.25) is 0 Å². The number of ketones is 1. The Balaban J connectivity index is 0. The summed E-state index contributed by atoms with van der Waals surface area (Å²) in [5.41, 5.74) is 0.320. The van der Waals surface area contributed by atoms with E-state index in [1.165, 1.54) is 18.2 Å². The molecule has 12 heavy (non-hydrogen) atoms. The van der Waals surface area contributed by atoms with Crippen molar-refractivity contribution >= 4 is 5.78 Å². The van der Waals surface area contributed by atoms with E-state index in [4.69, 9.17) is 0 Å². The van der Waals surface area contributed by atoms with Crippen LogP contribution in [0.5, 0.6) is 0 Å². The Kier molecular flexibility index (Phi) is 10.1. The molecule has 0 aliphatic rings. The first kappa shape index (κ1) is 14.1. The summed E-state index contributed by atoms with van der Waals surface area (Å²) < 4.78 is 0. The Bertz CT molecular complexity index is 215. The fourth-order valence-corrected chi connectivity index (χ4v) is 0.374. The number of hydrogen-bond acceptors (Lipinski definition) is 2. The number of allylic oxidation sites excluding steroid dienone is 5. The molecular weight excluding hydrogens is 229 g/mol. The maximum absolute atomic E-state index is 10.5. The molecule has 0 saturated carbocycles. The molecule has 0 unspecified atom stereocenters. The van der Waals surface area contributed by atoms with Crippen LogP contribution in [-0.2, 0) is 37.5 Å². The van der Waals surface area contributed by atoms with Crippen LogP contribution >= 0.6 is 0 Å². The van der Waals surface area contributed by atoms with Crippen molar-refractivity contribution in [2.24, 2.45) is 0 Å². The molecule has 0 N–H and O–H groups in total. The summed E-state index contributed by atoms with van der Waals surface area (Å²) in [6, 6.07) is 0. The fraction of sp³-hybridized carbons (Fsp3) is 0. The maximum Gasteiger partial charge on any atom is 0 e. The zero-order valence-corrected chi connectivity index (χ0v) is 9.53. The van der Waals surface area contributed by atoms with Crippen LogP contribution in [0, 0.1) is 13.8 Å². The van der Waals surface area contributed by atoms with Gasteiger partial charge < -0.3 is 15.5 Å². The minimum Gasteiger partial charge on any atom is -0.878 e. The molecule has 0 fully saturated rings. The van der Waals surface area contributed by atoms with E-state index in [0.717, 1.165) is 0 Å². The van der Waals surface area contributed by atoms with Gasteiger partial charge in [0.25, 0.3) is 0 Å². The number of hydrogen-bond donors (Lipinski definition) is 0. The minimum atomic E-state index is -0.319. The van der Waals surface area contributed by atoms with E-state index in [1.807, 2.05) is 0 Å². The van der Waals surface area contributed by atoms with Gasteiger partial charge >= 0.3 is 0 Å². The summed E-state index contributed by atoms with van der Waals surface area (Å²) in [5, 5.41) is 9.76. The third kappa shape index (κ3) is 7.64. The molecule has 0 spiro atoms. The van der Waals surface area contributed by atoms with E-state index in [2.05, 4.69) is 13.8 Å². The molecule has 0 bridgehead atoms. The molecule has 0 heterocycles. The van der Waals surface area contributed by atoms with Crippen molar-refractivity contribution in [3.8, 4) is 0 Å². The summed E-state index contributed by atoms with van der Waals surface area (Å²) in [5.74, 6) is -0.319. The van der Waals surface area contributed by atoms with Gasteiger partial charge in [-0.2, -0.15) is 0 Å². The van der Waals surface area contributed by atoms with Crippen LogP contribution in [0.4, 0.5) is 0 Å². The van der Waals surface area contributed by atoms with Crippen LogP contribution in [-0.4, -0.2) is 5.78 Å². The van der Waals surface area contributed by atoms with Crippen molar-refractivity contribution in [3.05, 3.63) is 50.0 Å². The van der Waals surface area contributed by atoms with Crippen LogP contribution in [0.3, 0.4) is 0 Å². The topological polar surface area (TPSA) is 40.1 Å². The molecule has 0 aromatic heterocycles. The number of rotatable bonds is 3. The molecule has 3 heteroatoms. The monoisotopic (exact) mass is 238 g/mol. The van der Waals surface area contributed by atoms with Crippen molar-refractivity contribution in [2.75, 3.05) is 0 Å². The van der Waals surface area contributed by atoms with E-state index in [9.17, 15) is 9.90 Å². The Hall–Kier alpha value is -0.466. The zero-order valence-electron chi connectivity index (χ0n) is 6.69. The molecule has 0 aliphatic heterocycles. The van der Waals surface area contributed by atoms with Gasteiger partial charge in [0.05, 0.1) is 0 Å². The second-order valence-corrected chi connectivity index (χ2v) is 1.83. The molecule has 0 saturated heterocycles. The largest absolute Gasteiger partial charge is 0.878 e. The summed E-state index contributed by atoms with van der Waals surface area (Å²) >= 11 is 0. The van der Waals surface area contributed by atoms with E-state index in [1.54, 1.807) is 6.08 Å². The Morgan fingerprint density at radius 3 is 2.17 bits per heavy atom. The molecule has 1 radical (unpaired) electrons. The van der Waals surface area contributed by atoms with Crippen LogP contribution in [0.15, 0.2) is 36.1 Å². The van der Waals surface area contributed by atoms with Gasteiger partial charge in [-0.25, -0.2) is 6.08 Å². The smallest absolute Gasteiger partial charge is 0 e. The molecule has 0 amide bonds. The first-order chi connectivity index (χ1) is 5.18. The maximum atomic E-state index is 10.5. The average molecular weight is 238 g/mol. The third-order valence-corrected chi connectivity index (χ3v) is 0.956. The van der Waals surface area contributed by atoms with Gasteiger partial charge in [-0.15, -0.1) is 12.3 Å². The van der Waals surface area contributed by atoms with Gasteiger partial charge in [-0.1, -0.05) is 17.9 Å². The first-order valence-electron chi connectivity index (χ1n) is 3.02. The van der Waals surface area contributed by atoms with Crippen LogP contribution < -0.4 is 5.11 Å². The Morgan fingerprint density at radius 2 is 1.75 bits per heavy atom. The summed E-state index contributed by atoms with van der Waals surface area (Å²) in [6.45, 7) is 6.58. The molecule has 2 nitrogen and oxygen atoms in total. The molecule has 0 atom stereocenters. The molecule has 0 aliphatic carbocycles. The van der Waals surface area contributed by atoms with Crippen molar-refractivity contribution in [1.82, 2.24) is 0 Å². The predicted octanol–water partition coefficient (Wildman–Crippen LogP) is 0.578. The van der Waals surface area contributed by atoms with E-state index in [-0.39, 0.29) is 38.5 Å². The van der Waals surface area contributed by atoms with E-state index < -0.39 is 0 Å². The second-order valence-electron chi connectivity index (χ2n) is 1.83. The molecule has 0 rings (SSSR count). The summed E-state index contributed by atoms with van der Waals surface area (Å²) in [6.07, 6.45) is 6.53. The number of Topliss-reactive ketones (excluding diaryl/α,β-unsaturated/α-hetero) is 1. The average Bonchev–Trinajstić information content (AvgIpc) is 1.97. The van der Waals surface area contributed by atoms with Gasteiger partial charge in [-0.05, 0) is 0 Å². The van der Waals surface area contributed by atoms with Crippen molar-refractivity contribution in [2.45, 2.75) is 0 Å². The third-order valence-electron chi connectivity index (χ3n) is 0.956. The van der Waals surface area contributed by atoms with Gasteiger partial charge in [0, 0.05) is 32.7 Å². The van der Waals surface area contributed by atoms with Crippen molar-refractivity contribution in [3.63, 3.8) is 0 Å². The zero-order chi connectivity index (χ0) is 8.69. The van der Waals surface area contributed by atoms with Gasteiger partial charge in [0.1, 0.15) is 0 Å². The molecule has 63 valence electrons.